The summed E-state index contributed by atoms with van der Waals surface area (Å²) < 4.78 is 1.60. The van der Waals surface area contributed by atoms with Gasteiger partial charge in [-0.25, -0.2) is 4.68 Å². The lowest BCUT2D eigenvalue weighted by atomic mass is 9.92. The number of carbonyl (C=O) groups is 2. The Morgan fingerprint density at radius 2 is 1.97 bits per heavy atom. The van der Waals surface area contributed by atoms with Crippen molar-refractivity contribution in [1.82, 2.24) is 35.0 Å². The van der Waals surface area contributed by atoms with E-state index in [9.17, 15) is 9.59 Å². The number of aromatic nitrogens is 5. The van der Waals surface area contributed by atoms with Crippen LogP contribution in [0.15, 0.2) is 24.4 Å². The van der Waals surface area contributed by atoms with Gasteiger partial charge < -0.3 is 4.90 Å². The minimum Gasteiger partial charge on any atom is -0.340 e. The van der Waals surface area contributed by atoms with Gasteiger partial charge in [-0.05, 0) is 67.3 Å². The second kappa shape index (κ2) is 9.42. The first-order valence-electron chi connectivity index (χ1n) is 10.8. The fourth-order valence-electron chi connectivity index (χ4n) is 4.24. The minimum absolute atomic E-state index is 0.00976. The number of hydrogen-bond acceptors (Lipinski definition) is 7. The van der Waals surface area contributed by atoms with Gasteiger partial charge in [-0.3, -0.25) is 19.5 Å². The third-order valence-corrected chi connectivity index (χ3v) is 6.19. The molecule has 0 spiro atoms. The monoisotopic (exact) mass is 411 g/mol. The third kappa shape index (κ3) is 4.89. The number of amides is 1. The van der Waals surface area contributed by atoms with Gasteiger partial charge in [0.1, 0.15) is 12.2 Å². The molecule has 1 amide bonds. The summed E-state index contributed by atoms with van der Waals surface area (Å²) in [6.07, 6.45) is 5.58. The minimum atomic E-state index is -0.207. The third-order valence-electron chi connectivity index (χ3n) is 6.19. The molecule has 1 atom stereocenters. The average Bonchev–Trinajstić information content (AvgIpc) is 3.22. The van der Waals surface area contributed by atoms with Crippen LogP contribution in [0.1, 0.15) is 48.9 Å². The van der Waals surface area contributed by atoms with Gasteiger partial charge in [-0.15, -0.1) is 5.10 Å². The summed E-state index contributed by atoms with van der Waals surface area (Å²) in [7, 11) is 0. The number of ketones is 1. The zero-order chi connectivity index (χ0) is 20.9. The van der Waals surface area contributed by atoms with Crippen LogP contribution in [0.2, 0.25) is 0 Å². The molecule has 2 aliphatic heterocycles. The molecule has 1 unspecified atom stereocenters. The van der Waals surface area contributed by atoms with Crippen LogP contribution in [0.25, 0.3) is 0 Å². The number of piperidine rings is 2. The lowest BCUT2D eigenvalue weighted by molar-refractivity contribution is -0.133. The fraction of sp³-hybridized carbons (Fsp3) is 0.619. The number of likely N-dealkylation sites (tertiary alicyclic amines) is 2. The molecular weight excluding hydrogens is 382 g/mol. The summed E-state index contributed by atoms with van der Waals surface area (Å²) in [5, 5.41) is 12.0. The van der Waals surface area contributed by atoms with Crippen LogP contribution >= 0.6 is 0 Å². The number of carbonyl (C=O) groups excluding carboxylic acids is 2. The molecule has 0 N–H and O–H groups in total. The molecule has 4 heterocycles. The van der Waals surface area contributed by atoms with E-state index < -0.39 is 0 Å². The highest BCUT2D eigenvalue weighted by Gasteiger charge is 2.30. The SMILES string of the molecule is CC1CCN(Cc2nnnn2CC(=O)N2CCCC(C(=O)c3ccccn3)C2)CC1. The molecule has 160 valence electrons. The van der Waals surface area contributed by atoms with Crippen molar-refractivity contribution < 1.29 is 9.59 Å². The van der Waals surface area contributed by atoms with E-state index in [0.29, 0.717) is 25.3 Å². The summed E-state index contributed by atoms with van der Waals surface area (Å²) in [4.78, 5) is 33.9. The molecule has 0 saturated carbocycles. The van der Waals surface area contributed by atoms with Crippen molar-refractivity contribution in [3.05, 3.63) is 35.9 Å². The molecule has 0 radical (unpaired) electrons. The van der Waals surface area contributed by atoms with E-state index in [1.165, 1.54) is 12.8 Å². The highest BCUT2D eigenvalue weighted by molar-refractivity contribution is 5.96. The van der Waals surface area contributed by atoms with Crippen LogP contribution in [-0.4, -0.2) is 72.9 Å². The van der Waals surface area contributed by atoms with Gasteiger partial charge in [0.05, 0.1) is 6.54 Å². The zero-order valence-corrected chi connectivity index (χ0v) is 17.5. The number of Topliss-reactive ketones (excluding diaryl/α,β-unsaturated/α-hetero) is 1. The number of rotatable bonds is 6. The predicted molar refractivity (Wildman–Crippen MR) is 109 cm³/mol. The van der Waals surface area contributed by atoms with Crippen molar-refractivity contribution in [2.45, 2.75) is 45.7 Å². The van der Waals surface area contributed by atoms with E-state index in [0.717, 1.165) is 37.7 Å². The van der Waals surface area contributed by atoms with E-state index in [1.54, 1.807) is 27.9 Å². The summed E-state index contributed by atoms with van der Waals surface area (Å²) in [5.41, 5.74) is 0.468. The average molecular weight is 412 g/mol. The molecule has 2 aromatic heterocycles. The fourth-order valence-corrected chi connectivity index (χ4v) is 4.24. The molecular formula is C21H29N7O2. The predicted octanol–water partition coefficient (Wildman–Crippen LogP) is 1.42. The van der Waals surface area contributed by atoms with Crippen molar-refractivity contribution in [2.75, 3.05) is 26.2 Å². The van der Waals surface area contributed by atoms with Crippen LogP contribution in [0.4, 0.5) is 0 Å². The Morgan fingerprint density at radius 3 is 2.73 bits per heavy atom. The van der Waals surface area contributed by atoms with Crippen LogP contribution in [0.5, 0.6) is 0 Å². The van der Waals surface area contributed by atoms with Crippen LogP contribution in [0, 0.1) is 11.8 Å². The molecule has 2 saturated heterocycles. The Morgan fingerprint density at radius 1 is 1.13 bits per heavy atom. The molecule has 2 aliphatic rings. The largest absolute Gasteiger partial charge is 0.340 e. The quantitative estimate of drug-likeness (QED) is 0.663. The Balaban J connectivity index is 1.35. The van der Waals surface area contributed by atoms with Crippen molar-refractivity contribution >= 4 is 11.7 Å². The van der Waals surface area contributed by atoms with E-state index in [2.05, 4.69) is 32.3 Å². The van der Waals surface area contributed by atoms with Gasteiger partial charge in [-0.1, -0.05) is 13.0 Å². The highest BCUT2D eigenvalue weighted by atomic mass is 16.2. The molecule has 0 bridgehead atoms. The highest BCUT2D eigenvalue weighted by Crippen LogP contribution is 2.21. The first-order chi connectivity index (χ1) is 14.6. The summed E-state index contributed by atoms with van der Waals surface area (Å²) in [5.74, 6) is 1.24. The number of hydrogen-bond donors (Lipinski definition) is 0. The standard InChI is InChI=1S/C21H29N7O2/c1-16-7-11-26(12-8-16)14-19-23-24-25-28(19)15-20(29)27-10-4-5-17(13-27)21(30)18-6-2-3-9-22-18/h2-3,6,9,16-17H,4-5,7-8,10-15H2,1H3. The Labute approximate surface area is 176 Å². The first kappa shape index (κ1) is 20.6. The van der Waals surface area contributed by atoms with Gasteiger partial charge in [0.15, 0.2) is 11.6 Å². The molecule has 0 aromatic carbocycles. The number of tetrazole rings is 1. The number of nitrogens with zero attached hydrogens (tertiary/aromatic N) is 7. The van der Waals surface area contributed by atoms with Crippen LogP contribution in [-0.2, 0) is 17.9 Å². The molecule has 4 rings (SSSR count). The summed E-state index contributed by atoms with van der Waals surface area (Å²) in [6, 6.07) is 5.34. The van der Waals surface area contributed by atoms with Crippen LogP contribution in [0.3, 0.4) is 0 Å². The van der Waals surface area contributed by atoms with Crippen molar-refractivity contribution in [3.63, 3.8) is 0 Å². The lowest BCUT2D eigenvalue weighted by Gasteiger charge is -2.32. The molecule has 9 nitrogen and oxygen atoms in total. The maximum atomic E-state index is 12.9. The van der Waals surface area contributed by atoms with Crippen molar-refractivity contribution in [1.29, 1.82) is 0 Å². The second-order valence-electron chi connectivity index (χ2n) is 8.47. The van der Waals surface area contributed by atoms with Gasteiger partial charge in [0.2, 0.25) is 5.91 Å². The van der Waals surface area contributed by atoms with E-state index >= 15 is 0 Å². The smallest absolute Gasteiger partial charge is 0.244 e. The van der Waals surface area contributed by atoms with E-state index in [4.69, 9.17) is 0 Å². The van der Waals surface area contributed by atoms with Crippen molar-refractivity contribution in [3.8, 4) is 0 Å². The van der Waals surface area contributed by atoms with E-state index in [1.807, 2.05) is 6.07 Å². The number of pyridine rings is 1. The van der Waals surface area contributed by atoms with E-state index in [-0.39, 0.29) is 24.2 Å². The lowest BCUT2D eigenvalue weighted by Crippen LogP contribution is -2.44. The second-order valence-corrected chi connectivity index (χ2v) is 8.47. The van der Waals surface area contributed by atoms with Crippen LogP contribution < -0.4 is 0 Å². The van der Waals surface area contributed by atoms with Crippen molar-refractivity contribution in [2.24, 2.45) is 11.8 Å². The molecule has 2 fully saturated rings. The normalized spacial score (nSPS) is 21.0. The zero-order valence-electron chi connectivity index (χ0n) is 17.5. The first-order valence-corrected chi connectivity index (χ1v) is 10.8. The molecule has 0 aliphatic carbocycles. The molecule has 30 heavy (non-hydrogen) atoms. The topological polar surface area (TPSA) is 97.1 Å². The molecule has 9 heteroatoms. The van der Waals surface area contributed by atoms with Gasteiger partial charge in [0, 0.05) is 25.2 Å². The Kier molecular flexibility index (Phi) is 6.47. The molecule has 2 aromatic rings. The van der Waals surface area contributed by atoms with Gasteiger partial charge >= 0.3 is 0 Å². The summed E-state index contributed by atoms with van der Waals surface area (Å²) >= 11 is 0. The maximum absolute atomic E-state index is 12.9. The van der Waals surface area contributed by atoms with Gasteiger partial charge in [-0.2, -0.15) is 0 Å². The Hall–Kier alpha value is -2.68. The maximum Gasteiger partial charge on any atom is 0.244 e. The van der Waals surface area contributed by atoms with Gasteiger partial charge in [0.25, 0.3) is 0 Å². The summed E-state index contributed by atoms with van der Waals surface area (Å²) in [6.45, 7) is 6.20. The Bertz CT molecular complexity index is 861.